The molecule has 0 radical (unpaired) electrons. The highest BCUT2D eigenvalue weighted by molar-refractivity contribution is 7.09. The zero-order valence-corrected chi connectivity index (χ0v) is 22.9. The lowest BCUT2D eigenvalue weighted by atomic mass is 9.93. The lowest BCUT2D eigenvalue weighted by Crippen LogP contribution is -2.50. The van der Waals surface area contributed by atoms with Crippen molar-refractivity contribution >= 4 is 23.2 Å². The molecule has 1 amide bonds. The van der Waals surface area contributed by atoms with Crippen LogP contribution in [0.4, 0.5) is 0 Å². The number of hydrogen-bond acceptors (Lipinski definition) is 8. The van der Waals surface area contributed by atoms with Gasteiger partial charge in [-0.15, -0.1) is 11.3 Å². The van der Waals surface area contributed by atoms with E-state index in [1.807, 2.05) is 27.7 Å². The van der Waals surface area contributed by atoms with Crippen molar-refractivity contribution in [3.8, 4) is 0 Å². The Bertz CT molecular complexity index is 827. The summed E-state index contributed by atoms with van der Waals surface area (Å²) in [5, 5.41) is 6.11. The third kappa shape index (κ3) is 9.40. The van der Waals surface area contributed by atoms with E-state index in [0.29, 0.717) is 24.5 Å². The fraction of sp³-hybridized carbons (Fsp3) is 0.792. The van der Waals surface area contributed by atoms with Crippen LogP contribution < -0.4 is 0 Å². The van der Waals surface area contributed by atoms with Crippen LogP contribution in [0.5, 0.6) is 0 Å². The summed E-state index contributed by atoms with van der Waals surface area (Å²) < 4.78 is 16.4. The van der Waals surface area contributed by atoms with Gasteiger partial charge in [-0.1, -0.05) is 59.0 Å². The number of hydrogen-bond donors (Lipinski definition) is 0. The summed E-state index contributed by atoms with van der Waals surface area (Å²) in [4.78, 5) is 34.6. The van der Waals surface area contributed by atoms with E-state index in [1.165, 1.54) is 18.4 Å². The molecule has 10 nitrogen and oxygen atoms in total. The van der Waals surface area contributed by atoms with E-state index < -0.39 is 18.1 Å². The Hall–Kier alpha value is -2.20. The van der Waals surface area contributed by atoms with Crippen LogP contribution in [0.1, 0.15) is 88.3 Å². The summed E-state index contributed by atoms with van der Waals surface area (Å²) in [5.74, 6) is -0.825. The van der Waals surface area contributed by atoms with Gasteiger partial charge < -0.3 is 19.1 Å². The summed E-state index contributed by atoms with van der Waals surface area (Å²) >= 11 is 1.31. The number of esters is 1. The Kier molecular flexibility index (Phi) is 14.5. The molecule has 0 aliphatic carbocycles. The minimum absolute atomic E-state index is 0.0551. The molecule has 0 aliphatic rings. The molecule has 0 saturated carbocycles. The first-order valence-electron chi connectivity index (χ1n) is 12.2. The van der Waals surface area contributed by atoms with Crippen molar-refractivity contribution in [1.82, 2.24) is 9.88 Å². The van der Waals surface area contributed by atoms with Gasteiger partial charge in [0.15, 0.2) is 5.69 Å². The van der Waals surface area contributed by atoms with Crippen molar-refractivity contribution in [1.29, 1.82) is 0 Å². The van der Waals surface area contributed by atoms with Gasteiger partial charge in [0.2, 0.25) is 5.91 Å². The van der Waals surface area contributed by atoms with Gasteiger partial charge in [0.25, 0.3) is 0 Å². The highest BCUT2D eigenvalue weighted by Crippen LogP contribution is 2.31. The Balaban J connectivity index is 3.25. The predicted molar refractivity (Wildman–Crippen MR) is 136 cm³/mol. The quantitative estimate of drug-likeness (QED) is 0.0654. The Labute approximate surface area is 213 Å². The van der Waals surface area contributed by atoms with Crippen molar-refractivity contribution in [3.05, 3.63) is 26.5 Å². The van der Waals surface area contributed by atoms with E-state index in [1.54, 1.807) is 17.4 Å². The number of thiazole rings is 1. The molecule has 1 aromatic rings. The lowest BCUT2D eigenvalue weighted by Gasteiger charge is -2.38. The Morgan fingerprint density at radius 3 is 2.49 bits per heavy atom. The molecule has 1 heterocycles. The molecule has 0 spiro atoms. The molecule has 2 unspecified atom stereocenters. The van der Waals surface area contributed by atoms with Crippen LogP contribution in [0.25, 0.3) is 10.4 Å². The van der Waals surface area contributed by atoms with Gasteiger partial charge in [0, 0.05) is 36.5 Å². The Morgan fingerprint density at radius 1 is 1.23 bits per heavy atom. The minimum Gasteiger partial charge on any atom is -0.464 e. The van der Waals surface area contributed by atoms with Crippen LogP contribution in [0.2, 0.25) is 0 Å². The van der Waals surface area contributed by atoms with Gasteiger partial charge in [-0.2, -0.15) is 0 Å². The fourth-order valence-corrected chi connectivity index (χ4v) is 4.58. The summed E-state index contributed by atoms with van der Waals surface area (Å²) in [6, 6.07) is -1.10. The number of nitrogens with zero attached hydrogens (tertiary/aromatic N) is 5. The average Bonchev–Trinajstić information content (AvgIpc) is 3.34. The molecule has 0 saturated heterocycles. The topological polar surface area (TPSA) is 127 Å². The predicted octanol–water partition coefficient (Wildman–Crippen LogP) is 5.75. The standard InChI is InChI=1S/C24H41N5O5S/c1-8-10-11-12-34-15-29(23(30)21(27-28-25)17(5)9-2)19(16(3)4)13-20(32-6)22-26-18(14-35-22)24(31)33-7/h14,16-17,19-21H,8-13,15H2,1-7H3/t17?,19-,20-,21?/m1/s1. The number of azide groups is 1. The average molecular weight is 512 g/mol. The highest BCUT2D eigenvalue weighted by atomic mass is 32.1. The van der Waals surface area contributed by atoms with Crippen LogP contribution in [0.3, 0.4) is 0 Å². The van der Waals surface area contributed by atoms with Crippen LogP contribution in [0, 0.1) is 11.8 Å². The molecule has 0 aliphatic heterocycles. The van der Waals surface area contributed by atoms with Crippen LogP contribution in [-0.4, -0.2) is 61.4 Å². The second kappa shape index (κ2) is 16.5. The van der Waals surface area contributed by atoms with E-state index in [4.69, 9.17) is 19.7 Å². The molecule has 0 aromatic carbocycles. The molecular formula is C24H41N5O5S. The van der Waals surface area contributed by atoms with E-state index >= 15 is 0 Å². The van der Waals surface area contributed by atoms with Gasteiger partial charge in [-0.25, -0.2) is 9.78 Å². The van der Waals surface area contributed by atoms with Crippen molar-refractivity contribution in [2.75, 3.05) is 27.6 Å². The largest absolute Gasteiger partial charge is 0.464 e. The maximum atomic E-state index is 13.7. The summed E-state index contributed by atoms with van der Waals surface area (Å²) in [5.41, 5.74) is 9.35. The number of rotatable bonds is 17. The maximum absolute atomic E-state index is 13.7. The second-order valence-corrected chi connectivity index (χ2v) is 9.81. The van der Waals surface area contributed by atoms with E-state index in [9.17, 15) is 9.59 Å². The highest BCUT2D eigenvalue weighted by Gasteiger charge is 2.35. The molecule has 198 valence electrons. The second-order valence-electron chi connectivity index (χ2n) is 8.92. The fourth-order valence-electron chi connectivity index (χ4n) is 3.71. The summed E-state index contributed by atoms with van der Waals surface area (Å²) in [6.07, 6.45) is 3.73. The van der Waals surface area contributed by atoms with Crippen molar-refractivity contribution in [2.24, 2.45) is 17.0 Å². The Morgan fingerprint density at radius 2 is 1.94 bits per heavy atom. The normalized spacial score (nSPS) is 14.6. The number of methoxy groups -OCH3 is 2. The van der Waals surface area contributed by atoms with Crippen molar-refractivity contribution in [2.45, 2.75) is 84.9 Å². The zero-order chi connectivity index (χ0) is 26.4. The molecule has 0 fully saturated rings. The molecule has 0 bridgehead atoms. The number of aromatic nitrogens is 1. The van der Waals surface area contributed by atoms with E-state index in [0.717, 1.165) is 19.3 Å². The van der Waals surface area contributed by atoms with Gasteiger partial charge in [-0.3, -0.25) is 4.79 Å². The minimum atomic E-state index is -0.822. The smallest absolute Gasteiger partial charge is 0.357 e. The molecular weight excluding hydrogens is 470 g/mol. The van der Waals surface area contributed by atoms with Gasteiger partial charge in [0.1, 0.15) is 23.9 Å². The molecule has 0 N–H and O–H groups in total. The first kappa shape index (κ1) is 30.8. The number of carbonyl (C=O) groups is 2. The number of carbonyl (C=O) groups excluding carboxylic acids is 2. The van der Waals surface area contributed by atoms with Crippen LogP contribution in [0.15, 0.2) is 10.5 Å². The zero-order valence-electron chi connectivity index (χ0n) is 22.1. The molecule has 1 aromatic heterocycles. The van der Waals surface area contributed by atoms with Gasteiger partial charge in [0.05, 0.1) is 7.11 Å². The first-order chi connectivity index (χ1) is 16.7. The molecule has 35 heavy (non-hydrogen) atoms. The third-order valence-corrected chi connectivity index (χ3v) is 7.06. The van der Waals surface area contributed by atoms with Gasteiger partial charge in [-0.05, 0) is 23.8 Å². The molecule has 11 heteroatoms. The molecule has 1 rings (SSSR count). The van der Waals surface area contributed by atoms with Gasteiger partial charge >= 0.3 is 5.97 Å². The first-order valence-corrected chi connectivity index (χ1v) is 13.1. The summed E-state index contributed by atoms with van der Waals surface area (Å²) in [7, 11) is 2.89. The number of amides is 1. The molecule has 4 atom stereocenters. The van der Waals surface area contributed by atoms with E-state index in [-0.39, 0.29) is 36.2 Å². The van der Waals surface area contributed by atoms with Crippen molar-refractivity contribution in [3.63, 3.8) is 0 Å². The SMILES string of the molecule is CCCCCOCN(C(=O)C(N=[N+]=[N-])C(C)CC)[C@H](C[C@@H](OC)c1nc(C(=O)OC)cs1)C(C)C. The monoisotopic (exact) mass is 511 g/mol. The van der Waals surface area contributed by atoms with Crippen LogP contribution in [-0.2, 0) is 19.0 Å². The maximum Gasteiger partial charge on any atom is 0.357 e. The third-order valence-electron chi connectivity index (χ3n) is 6.12. The number of ether oxygens (including phenoxy) is 3. The lowest BCUT2D eigenvalue weighted by molar-refractivity contribution is -0.145. The number of unbranched alkanes of at least 4 members (excludes halogenated alkanes) is 2. The van der Waals surface area contributed by atoms with Crippen molar-refractivity contribution < 1.29 is 23.8 Å². The van der Waals surface area contributed by atoms with Crippen LogP contribution >= 0.6 is 11.3 Å². The van der Waals surface area contributed by atoms with E-state index in [2.05, 4.69) is 21.9 Å². The summed E-state index contributed by atoms with van der Waals surface area (Å²) in [6.45, 7) is 10.7.